The van der Waals surface area contributed by atoms with Crippen molar-refractivity contribution in [3.05, 3.63) is 46.7 Å². The predicted octanol–water partition coefficient (Wildman–Crippen LogP) is 3.20. The van der Waals surface area contributed by atoms with Gasteiger partial charge in [0.1, 0.15) is 17.5 Å². The average molecular weight is 275 g/mol. The Labute approximate surface area is 117 Å². The van der Waals surface area contributed by atoms with Crippen LogP contribution in [0.25, 0.3) is 0 Å². The predicted molar refractivity (Wildman–Crippen MR) is 77.2 cm³/mol. The van der Waals surface area contributed by atoms with Gasteiger partial charge in [-0.1, -0.05) is 29.8 Å². The first-order chi connectivity index (χ1) is 9.22. The summed E-state index contributed by atoms with van der Waals surface area (Å²) in [6.45, 7) is 0.625. The lowest BCUT2D eigenvalue weighted by atomic mass is 10.2. The Kier molecular flexibility index (Phi) is 3.25. The highest BCUT2D eigenvalue weighted by molar-refractivity contribution is 6.31. The summed E-state index contributed by atoms with van der Waals surface area (Å²) in [4.78, 5) is 8.76. The van der Waals surface area contributed by atoms with Crippen LogP contribution < -0.4 is 11.1 Å². The first kappa shape index (κ1) is 12.2. The lowest BCUT2D eigenvalue weighted by Gasteiger charge is -2.09. The molecule has 3 N–H and O–H groups in total. The molecule has 98 valence electrons. The molecule has 0 saturated heterocycles. The molecule has 5 heteroatoms. The van der Waals surface area contributed by atoms with Crippen LogP contribution in [-0.4, -0.2) is 9.97 Å². The van der Waals surface area contributed by atoms with E-state index in [0.29, 0.717) is 18.3 Å². The van der Waals surface area contributed by atoms with Crippen LogP contribution in [0.15, 0.2) is 30.3 Å². The fourth-order valence-corrected chi connectivity index (χ4v) is 2.13. The normalized spacial score (nSPS) is 14.4. The lowest BCUT2D eigenvalue weighted by Crippen LogP contribution is -2.06. The summed E-state index contributed by atoms with van der Waals surface area (Å²) in [6.07, 6.45) is 2.32. The number of halogens is 1. The molecule has 1 aromatic heterocycles. The van der Waals surface area contributed by atoms with Crippen molar-refractivity contribution in [3.63, 3.8) is 0 Å². The summed E-state index contributed by atoms with van der Waals surface area (Å²) in [7, 11) is 0. The van der Waals surface area contributed by atoms with Gasteiger partial charge in [0.2, 0.25) is 0 Å². The molecule has 1 aromatic carbocycles. The zero-order chi connectivity index (χ0) is 13.2. The van der Waals surface area contributed by atoms with Crippen molar-refractivity contribution in [3.8, 4) is 0 Å². The third kappa shape index (κ3) is 2.96. The van der Waals surface area contributed by atoms with Gasteiger partial charge in [-0.25, -0.2) is 9.97 Å². The van der Waals surface area contributed by atoms with E-state index in [1.165, 1.54) is 0 Å². The molecule has 0 bridgehead atoms. The Morgan fingerprint density at radius 3 is 2.79 bits per heavy atom. The maximum atomic E-state index is 6.12. The van der Waals surface area contributed by atoms with E-state index >= 15 is 0 Å². The standard InChI is InChI=1S/C14H15ClN4/c15-11-4-2-1-3-10(11)8-17-13-7-12(16)18-14(19-13)9-5-6-9/h1-4,7,9H,5-6,8H2,(H3,16,17,18,19). The molecule has 2 aromatic rings. The molecular formula is C14H15ClN4. The summed E-state index contributed by atoms with van der Waals surface area (Å²) in [5, 5.41) is 4.00. The fourth-order valence-electron chi connectivity index (χ4n) is 1.93. The van der Waals surface area contributed by atoms with E-state index in [4.69, 9.17) is 17.3 Å². The minimum absolute atomic E-state index is 0.490. The molecule has 3 rings (SSSR count). The molecule has 4 nitrogen and oxygen atoms in total. The van der Waals surface area contributed by atoms with E-state index in [1.807, 2.05) is 24.3 Å². The van der Waals surface area contributed by atoms with Gasteiger partial charge in [-0.2, -0.15) is 0 Å². The lowest BCUT2D eigenvalue weighted by molar-refractivity contribution is 0.926. The van der Waals surface area contributed by atoms with Gasteiger partial charge in [-0.3, -0.25) is 0 Å². The highest BCUT2D eigenvalue weighted by Crippen LogP contribution is 2.38. The molecule has 19 heavy (non-hydrogen) atoms. The van der Waals surface area contributed by atoms with Gasteiger partial charge in [0, 0.05) is 23.6 Å². The van der Waals surface area contributed by atoms with Gasteiger partial charge in [0.05, 0.1) is 0 Å². The number of nitrogens with zero attached hydrogens (tertiary/aromatic N) is 2. The van der Waals surface area contributed by atoms with Gasteiger partial charge < -0.3 is 11.1 Å². The van der Waals surface area contributed by atoms with Crippen LogP contribution in [0.4, 0.5) is 11.6 Å². The third-order valence-electron chi connectivity index (χ3n) is 3.12. The van der Waals surface area contributed by atoms with Gasteiger partial charge in [-0.05, 0) is 24.5 Å². The third-order valence-corrected chi connectivity index (χ3v) is 3.49. The number of nitrogens with two attached hydrogens (primary N) is 1. The Morgan fingerprint density at radius 2 is 2.05 bits per heavy atom. The summed E-state index contributed by atoms with van der Waals surface area (Å²) in [5.41, 5.74) is 6.84. The van der Waals surface area contributed by atoms with E-state index in [0.717, 1.165) is 35.1 Å². The summed E-state index contributed by atoms with van der Waals surface area (Å²) >= 11 is 6.12. The van der Waals surface area contributed by atoms with Crippen molar-refractivity contribution in [2.24, 2.45) is 0 Å². The van der Waals surface area contributed by atoms with Crippen LogP contribution in [0, 0.1) is 0 Å². The Morgan fingerprint density at radius 1 is 1.26 bits per heavy atom. The largest absolute Gasteiger partial charge is 0.384 e. The highest BCUT2D eigenvalue weighted by Gasteiger charge is 2.27. The maximum absolute atomic E-state index is 6.12. The van der Waals surface area contributed by atoms with Crippen LogP contribution >= 0.6 is 11.6 Å². The molecule has 1 saturated carbocycles. The molecule has 0 aliphatic heterocycles. The topological polar surface area (TPSA) is 63.8 Å². The number of hydrogen-bond acceptors (Lipinski definition) is 4. The van der Waals surface area contributed by atoms with Gasteiger partial charge in [-0.15, -0.1) is 0 Å². The second-order valence-electron chi connectivity index (χ2n) is 4.76. The van der Waals surface area contributed by atoms with Crippen LogP contribution in [0.2, 0.25) is 5.02 Å². The van der Waals surface area contributed by atoms with Gasteiger partial charge >= 0.3 is 0 Å². The molecule has 1 fully saturated rings. The Bertz CT molecular complexity index is 596. The van der Waals surface area contributed by atoms with Crippen LogP contribution in [0.1, 0.15) is 30.1 Å². The van der Waals surface area contributed by atoms with E-state index in [2.05, 4.69) is 15.3 Å². The number of rotatable bonds is 4. The van der Waals surface area contributed by atoms with Crippen LogP contribution in [0.3, 0.4) is 0 Å². The van der Waals surface area contributed by atoms with Gasteiger partial charge in [0.15, 0.2) is 0 Å². The second kappa shape index (κ2) is 5.05. The van der Waals surface area contributed by atoms with E-state index in [9.17, 15) is 0 Å². The van der Waals surface area contributed by atoms with E-state index in [-0.39, 0.29) is 0 Å². The highest BCUT2D eigenvalue weighted by atomic mass is 35.5. The van der Waals surface area contributed by atoms with Crippen molar-refractivity contribution in [2.45, 2.75) is 25.3 Å². The second-order valence-corrected chi connectivity index (χ2v) is 5.16. The molecule has 1 aliphatic rings. The summed E-state index contributed by atoms with van der Waals surface area (Å²) < 4.78 is 0. The maximum Gasteiger partial charge on any atom is 0.136 e. The SMILES string of the molecule is Nc1cc(NCc2ccccc2Cl)nc(C2CC2)n1. The molecule has 0 unspecified atom stereocenters. The van der Waals surface area contributed by atoms with Crippen molar-refractivity contribution in [1.82, 2.24) is 9.97 Å². The molecule has 0 atom stereocenters. The zero-order valence-corrected chi connectivity index (χ0v) is 11.2. The number of nitrogens with one attached hydrogen (secondary N) is 1. The number of benzene rings is 1. The number of aromatic nitrogens is 2. The van der Waals surface area contributed by atoms with Crippen LogP contribution in [-0.2, 0) is 6.54 Å². The number of anilines is 2. The van der Waals surface area contributed by atoms with Crippen molar-refractivity contribution < 1.29 is 0 Å². The van der Waals surface area contributed by atoms with Crippen LogP contribution in [0.5, 0.6) is 0 Å². The molecule has 1 aliphatic carbocycles. The minimum atomic E-state index is 0.490. The first-order valence-electron chi connectivity index (χ1n) is 6.34. The molecule has 0 amide bonds. The monoisotopic (exact) mass is 274 g/mol. The Hall–Kier alpha value is -1.81. The first-order valence-corrected chi connectivity index (χ1v) is 6.72. The minimum Gasteiger partial charge on any atom is -0.384 e. The quantitative estimate of drug-likeness (QED) is 0.899. The smallest absolute Gasteiger partial charge is 0.136 e. The molecule has 1 heterocycles. The molecular weight excluding hydrogens is 260 g/mol. The zero-order valence-electron chi connectivity index (χ0n) is 10.4. The molecule has 0 spiro atoms. The summed E-state index contributed by atoms with van der Waals surface area (Å²) in [6, 6.07) is 9.50. The van der Waals surface area contributed by atoms with Crippen molar-refractivity contribution in [1.29, 1.82) is 0 Å². The number of nitrogen functional groups attached to an aromatic ring is 1. The Balaban J connectivity index is 1.74. The van der Waals surface area contributed by atoms with Crippen molar-refractivity contribution >= 4 is 23.2 Å². The number of hydrogen-bond donors (Lipinski definition) is 2. The summed E-state index contributed by atoms with van der Waals surface area (Å²) in [5.74, 6) is 2.61. The van der Waals surface area contributed by atoms with Gasteiger partial charge in [0.25, 0.3) is 0 Å². The molecule has 0 radical (unpaired) electrons. The average Bonchev–Trinajstić information content (AvgIpc) is 3.21. The van der Waals surface area contributed by atoms with E-state index in [1.54, 1.807) is 6.07 Å². The van der Waals surface area contributed by atoms with E-state index < -0.39 is 0 Å². The fraction of sp³-hybridized carbons (Fsp3) is 0.286. The van der Waals surface area contributed by atoms with Crippen molar-refractivity contribution in [2.75, 3.05) is 11.1 Å².